The molecule has 0 saturated heterocycles. The number of hydrogen-bond acceptors (Lipinski definition) is 4. The topological polar surface area (TPSA) is 46.1 Å². The molecule has 0 aliphatic heterocycles. The van der Waals surface area contributed by atoms with E-state index in [-0.39, 0.29) is 5.91 Å². The second-order valence-corrected chi connectivity index (χ2v) is 7.47. The zero-order valence-corrected chi connectivity index (χ0v) is 16.4. The lowest BCUT2D eigenvalue weighted by molar-refractivity contribution is -0.125. The predicted octanol–water partition coefficient (Wildman–Crippen LogP) is 4.35. The summed E-state index contributed by atoms with van der Waals surface area (Å²) < 4.78 is 0. The number of hydrogen-bond donors (Lipinski definition) is 0. The first-order chi connectivity index (χ1) is 12.5. The van der Waals surface area contributed by atoms with Crippen LogP contribution < -0.4 is 0 Å². The standard InChI is InChI=1S/C21H23N3OS/c1-5-15-9-10-18-17(12-15)21(26-13-19(25)24(3)4)23-20(22-18)16-8-6-7-14(2)11-16/h6-12H,5,13H2,1-4H3. The van der Waals surface area contributed by atoms with Gasteiger partial charge in [0.15, 0.2) is 5.82 Å². The second-order valence-electron chi connectivity index (χ2n) is 6.50. The van der Waals surface area contributed by atoms with E-state index >= 15 is 0 Å². The molecule has 1 amide bonds. The Balaban J connectivity index is 2.09. The number of fused-ring (bicyclic) bond motifs is 1. The molecule has 3 rings (SSSR count). The van der Waals surface area contributed by atoms with Crippen LogP contribution in [-0.2, 0) is 11.2 Å². The highest BCUT2D eigenvalue weighted by molar-refractivity contribution is 8.00. The van der Waals surface area contributed by atoms with Gasteiger partial charge < -0.3 is 4.90 Å². The summed E-state index contributed by atoms with van der Waals surface area (Å²) in [5.41, 5.74) is 4.32. The maximum absolute atomic E-state index is 12.0. The minimum Gasteiger partial charge on any atom is -0.348 e. The van der Waals surface area contributed by atoms with E-state index < -0.39 is 0 Å². The van der Waals surface area contributed by atoms with Gasteiger partial charge in [-0.1, -0.05) is 48.5 Å². The lowest BCUT2D eigenvalue weighted by atomic mass is 10.1. The summed E-state index contributed by atoms with van der Waals surface area (Å²) in [6.07, 6.45) is 0.955. The van der Waals surface area contributed by atoms with Crippen LogP contribution in [0.4, 0.5) is 0 Å². The molecular weight excluding hydrogens is 342 g/mol. The van der Waals surface area contributed by atoms with Crippen molar-refractivity contribution < 1.29 is 4.79 Å². The molecule has 2 aromatic carbocycles. The van der Waals surface area contributed by atoms with Crippen molar-refractivity contribution in [2.45, 2.75) is 25.3 Å². The average molecular weight is 366 g/mol. The van der Waals surface area contributed by atoms with Gasteiger partial charge in [0.1, 0.15) is 5.03 Å². The van der Waals surface area contributed by atoms with Gasteiger partial charge in [0.25, 0.3) is 0 Å². The Hall–Kier alpha value is -2.40. The van der Waals surface area contributed by atoms with Gasteiger partial charge in [0.2, 0.25) is 5.91 Å². The van der Waals surface area contributed by atoms with Gasteiger partial charge in [-0.3, -0.25) is 4.79 Å². The number of carbonyl (C=O) groups excluding carboxylic acids is 1. The summed E-state index contributed by atoms with van der Waals surface area (Å²) >= 11 is 1.48. The summed E-state index contributed by atoms with van der Waals surface area (Å²) in [6.45, 7) is 4.19. The Labute approximate surface area is 158 Å². The lowest BCUT2D eigenvalue weighted by Gasteiger charge is -2.12. The molecular formula is C21H23N3OS. The zero-order chi connectivity index (χ0) is 18.7. The summed E-state index contributed by atoms with van der Waals surface area (Å²) in [7, 11) is 3.54. The van der Waals surface area contributed by atoms with Crippen molar-refractivity contribution in [1.82, 2.24) is 14.9 Å². The van der Waals surface area contributed by atoms with Gasteiger partial charge in [-0.2, -0.15) is 0 Å². The Morgan fingerprint density at radius 1 is 1.12 bits per heavy atom. The van der Waals surface area contributed by atoms with Crippen molar-refractivity contribution in [1.29, 1.82) is 0 Å². The highest BCUT2D eigenvalue weighted by atomic mass is 32.2. The van der Waals surface area contributed by atoms with Crippen LogP contribution >= 0.6 is 11.8 Å². The van der Waals surface area contributed by atoms with Crippen molar-refractivity contribution in [2.24, 2.45) is 0 Å². The van der Waals surface area contributed by atoms with Crippen LogP contribution in [0.2, 0.25) is 0 Å². The quantitative estimate of drug-likeness (QED) is 0.498. The third-order valence-corrected chi connectivity index (χ3v) is 5.22. The van der Waals surface area contributed by atoms with Crippen LogP contribution in [0.25, 0.3) is 22.3 Å². The largest absolute Gasteiger partial charge is 0.348 e. The van der Waals surface area contributed by atoms with Crippen LogP contribution in [0.3, 0.4) is 0 Å². The van der Waals surface area contributed by atoms with Crippen LogP contribution in [-0.4, -0.2) is 40.6 Å². The number of aryl methyl sites for hydroxylation is 2. The molecule has 26 heavy (non-hydrogen) atoms. The molecule has 0 spiro atoms. The van der Waals surface area contributed by atoms with Gasteiger partial charge >= 0.3 is 0 Å². The van der Waals surface area contributed by atoms with Crippen LogP contribution in [0.5, 0.6) is 0 Å². The predicted molar refractivity (Wildman–Crippen MR) is 109 cm³/mol. The lowest BCUT2D eigenvalue weighted by Crippen LogP contribution is -2.23. The van der Waals surface area contributed by atoms with E-state index in [0.717, 1.165) is 27.9 Å². The molecule has 0 radical (unpaired) electrons. The molecule has 0 unspecified atom stereocenters. The molecule has 134 valence electrons. The third kappa shape index (κ3) is 4.05. The summed E-state index contributed by atoms with van der Waals surface area (Å²) in [6, 6.07) is 14.5. The fourth-order valence-electron chi connectivity index (χ4n) is 2.65. The summed E-state index contributed by atoms with van der Waals surface area (Å²) in [5, 5.41) is 1.87. The molecule has 0 saturated carbocycles. The van der Waals surface area contributed by atoms with Crippen LogP contribution in [0, 0.1) is 6.92 Å². The Morgan fingerprint density at radius 2 is 1.92 bits per heavy atom. The average Bonchev–Trinajstić information content (AvgIpc) is 2.65. The number of thioether (sulfide) groups is 1. The minimum absolute atomic E-state index is 0.0745. The van der Waals surface area contributed by atoms with E-state index in [4.69, 9.17) is 9.97 Å². The molecule has 4 nitrogen and oxygen atoms in total. The van der Waals surface area contributed by atoms with Gasteiger partial charge in [-0.25, -0.2) is 9.97 Å². The Bertz CT molecular complexity index is 953. The highest BCUT2D eigenvalue weighted by Crippen LogP contribution is 2.29. The van der Waals surface area contributed by atoms with Crippen molar-refractivity contribution in [3.05, 3.63) is 53.6 Å². The van der Waals surface area contributed by atoms with Crippen molar-refractivity contribution in [2.75, 3.05) is 19.8 Å². The first-order valence-corrected chi connectivity index (χ1v) is 9.67. The van der Waals surface area contributed by atoms with E-state index in [2.05, 4.69) is 38.1 Å². The Kier molecular flexibility index (Phi) is 5.57. The molecule has 0 aliphatic carbocycles. The number of carbonyl (C=O) groups is 1. The monoisotopic (exact) mass is 365 g/mol. The van der Waals surface area contributed by atoms with Crippen LogP contribution in [0.15, 0.2) is 47.5 Å². The molecule has 3 aromatic rings. The molecule has 0 atom stereocenters. The first kappa shape index (κ1) is 18.4. The number of aromatic nitrogens is 2. The molecule has 0 aliphatic rings. The third-order valence-electron chi connectivity index (χ3n) is 4.24. The SMILES string of the molecule is CCc1ccc2nc(-c3cccc(C)c3)nc(SCC(=O)N(C)C)c2c1. The van der Waals surface area contributed by atoms with E-state index in [1.54, 1.807) is 19.0 Å². The van der Waals surface area contributed by atoms with Gasteiger partial charge in [0.05, 0.1) is 11.3 Å². The van der Waals surface area contributed by atoms with Crippen molar-refractivity contribution >= 4 is 28.6 Å². The highest BCUT2D eigenvalue weighted by Gasteiger charge is 2.13. The molecule has 1 aromatic heterocycles. The van der Waals surface area contributed by atoms with Crippen molar-refractivity contribution in [3.63, 3.8) is 0 Å². The minimum atomic E-state index is 0.0745. The molecule has 0 bridgehead atoms. The number of nitrogens with zero attached hydrogens (tertiary/aromatic N) is 3. The number of benzene rings is 2. The van der Waals surface area contributed by atoms with E-state index in [9.17, 15) is 4.79 Å². The van der Waals surface area contributed by atoms with Gasteiger partial charge in [0, 0.05) is 25.0 Å². The Morgan fingerprint density at radius 3 is 2.62 bits per heavy atom. The number of rotatable bonds is 5. The van der Waals surface area contributed by atoms with Gasteiger partial charge in [-0.15, -0.1) is 0 Å². The normalized spacial score (nSPS) is 10.9. The summed E-state index contributed by atoms with van der Waals surface area (Å²) in [5.74, 6) is 1.14. The van der Waals surface area contributed by atoms with E-state index in [1.807, 2.05) is 18.2 Å². The second kappa shape index (κ2) is 7.87. The van der Waals surface area contributed by atoms with Crippen molar-refractivity contribution in [3.8, 4) is 11.4 Å². The van der Waals surface area contributed by atoms with Gasteiger partial charge in [-0.05, 0) is 37.1 Å². The molecule has 0 N–H and O–H groups in total. The zero-order valence-electron chi connectivity index (χ0n) is 15.6. The summed E-state index contributed by atoms with van der Waals surface area (Å²) in [4.78, 5) is 23.2. The van der Waals surface area contributed by atoms with E-state index in [1.165, 1.54) is 22.9 Å². The number of amides is 1. The fraction of sp³-hybridized carbons (Fsp3) is 0.286. The fourth-order valence-corrected chi connectivity index (χ4v) is 3.64. The first-order valence-electron chi connectivity index (χ1n) is 8.68. The molecule has 5 heteroatoms. The smallest absolute Gasteiger partial charge is 0.232 e. The maximum Gasteiger partial charge on any atom is 0.232 e. The van der Waals surface area contributed by atoms with Crippen LogP contribution in [0.1, 0.15) is 18.1 Å². The van der Waals surface area contributed by atoms with E-state index in [0.29, 0.717) is 11.6 Å². The molecule has 1 heterocycles. The molecule has 0 fully saturated rings. The maximum atomic E-state index is 12.0.